The van der Waals surface area contributed by atoms with E-state index in [0.717, 1.165) is 25.9 Å². The van der Waals surface area contributed by atoms with Crippen LogP contribution < -0.4 is 5.73 Å². The Balaban J connectivity index is 1.66. The molecule has 112 valence electrons. The van der Waals surface area contributed by atoms with Gasteiger partial charge in [0, 0.05) is 36.7 Å². The summed E-state index contributed by atoms with van der Waals surface area (Å²) in [6, 6.07) is 5.12. The van der Waals surface area contributed by atoms with E-state index < -0.39 is 0 Å². The summed E-state index contributed by atoms with van der Waals surface area (Å²) >= 11 is 0. The Bertz CT molecular complexity index is 578. The number of aliphatic hydroxyl groups excluding tert-OH is 1. The van der Waals surface area contributed by atoms with E-state index in [1.165, 1.54) is 6.07 Å². The molecule has 3 N–H and O–H groups in total. The maximum absolute atomic E-state index is 14.1. The molecule has 1 saturated heterocycles. The second kappa shape index (κ2) is 6.15. The van der Waals surface area contributed by atoms with Crippen molar-refractivity contribution >= 4 is 0 Å². The van der Waals surface area contributed by atoms with Gasteiger partial charge in [0.2, 0.25) is 0 Å². The molecular formula is C17H21FN2O. The number of hydrogen-bond acceptors (Lipinski definition) is 3. The van der Waals surface area contributed by atoms with Gasteiger partial charge < -0.3 is 10.8 Å². The third-order valence-electron chi connectivity index (χ3n) is 4.68. The van der Waals surface area contributed by atoms with Gasteiger partial charge in [-0.2, -0.15) is 0 Å². The van der Waals surface area contributed by atoms with E-state index in [4.69, 9.17) is 5.73 Å². The van der Waals surface area contributed by atoms with Crippen molar-refractivity contribution in [3.63, 3.8) is 0 Å². The fourth-order valence-electron chi connectivity index (χ4n) is 3.61. The lowest BCUT2D eigenvalue weighted by Gasteiger charge is -2.18. The molecule has 1 aliphatic carbocycles. The van der Waals surface area contributed by atoms with Crippen LogP contribution in [0.2, 0.25) is 0 Å². The molecule has 2 fully saturated rings. The highest BCUT2D eigenvalue weighted by Gasteiger charge is 2.41. The number of nitrogens with two attached hydrogens (primary N) is 1. The van der Waals surface area contributed by atoms with Crippen LogP contribution in [0.5, 0.6) is 0 Å². The summed E-state index contributed by atoms with van der Waals surface area (Å²) in [4.78, 5) is 2.25. The van der Waals surface area contributed by atoms with Crippen molar-refractivity contribution in [2.45, 2.75) is 25.5 Å². The molecule has 3 atom stereocenters. The van der Waals surface area contributed by atoms with E-state index in [0.29, 0.717) is 29.5 Å². The Morgan fingerprint density at radius 3 is 2.90 bits per heavy atom. The molecule has 3 rings (SSSR count). The number of benzene rings is 1. The van der Waals surface area contributed by atoms with Crippen LogP contribution in [0.4, 0.5) is 4.39 Å². The highest BCUT2D eigenvalue weighted by molar-refractivity contribution is 5.37. The molecular weight excluding hydrogens is 267 g/mol. The van der Waals surface area contributed by atoms with Crippen molar-refractivity contribution in [1.82, 2.24) is 4.90 Å². The van der Waals surface area contributed by atoms with Crippen LogP contribution in [0.25, 0.3) is 0 Å². The van der Waals surface area contributed by atoms with Crippen molar-refractivity contribution in [2.75, 3.05) is 19.6 Å². The number of aliphatic hydroxyl groups is 1. The molecule has 0 aromatic heterocycles. The molecule has 1 aromatic rings. The van der Waals surface area contributed by atoms with Crippen LogP contribution in [0.15, 0.2) is 18.2 Å². The molecule has 0 radical (unpaired) electrons. The van der Waals surface area contributed by atoms with E-state index >= 15 is 0 Å². The summed E-state index contributed by atoms with van der Waals surface area (Å²) in [5.41, 5.74) is 6.67. The van der Waals surface area contributed by atoms with Gasteiger partial charge in [-0.3, -0.25) is 4.90 Å². The molecule has 4 heteroatoms. The van der Waals surface area contributed by atoms with Gasteiger partial charge in [0.05, 0.1) is 12.6 Å². The second-order valence-corrected chi connectivity index (χ2v) is 6.07. The second-order valence-electron chi connectivity index (χ2n) is 6.07. The van der Waals surface area contributed by atoms with Crippen molar-refractivity contribution in [3.8, 4) is 11.8 Å². The lowest BCUT2D eigenvalue weighted by Crippen LogP contribution is -2.24. The molecule has 21 heavy (non-hydrogen) atoms. The summed E-state index contributed by atoms with van der Waals surface area (Å²) < 4.78 is 14.1. The molecule has 1 aliphatic heterocycles. The standard InChI is InChI=1S/C17H21FN2O/c18-16-8-12(2-1-7-19)3-4-14(16)10-20-9-13-5-6-17(21)15(13)11-20/h3-4,8,13,15,17,21H,5-7,9-11,19H2. The Hall–Kier alpha value is -1.41. The van der Waals surface area contributed by atoms with Crippen LogP contribution >= 0.6 is 0 Å². The summed E-state index contributed by atoms with van der Waals surface area (Å²) in [6.45, 7) is 2.73. The topological polar surface area (TPSA) is 49.5 Å². The quantitative estimate of drug-likeness (QED) is 0.808. The summed E-state index contributed by atoms with van der Waals surface area (Å²) in [7, 11) is 0. The minimum Gasteiger partial charge on any atom is -0.393 e. The zero-order valence-corrected chi connectivity index (χ0v) is 12.1. The number of likely N-dealkylation sites (tertiary alicyclic amines) is 1. The summed E-state index contributed by atoms with van der Waals surface area (Å²) in [5, 5.41) is 9.93. The van der Waals surface area contributed by atoms with Gasteiger partial charge in [0.1, 0.15) is 5.82 Å². The maximum atomic E-state index is 14.1. The largest absolute Gasteiger partial charge is 0.393 e. The highest BCUT2D eigenvalue weighted by atomic mass is 19.1. The fourth-order valence-corrected chi connectivity index (χ4v) is 3.61. The number of rotatable bonds is 2. The molecule has 1 aromatic carbocycles. The van der Waals surface area contributed by atoms with Gasteiger partial charge in [-0.05, 0) is 30.9 Å². The molecule has 1 saturated carbocycles. The van der Waals surface area contributed by atoms with Gasteiger partial charge in [0.25, 0.3) is 0 Å². The lowest BCUT2D eigenvalue weighted by atomic mass is 10.00. The van der Waals surface area contributed by atoms with Gasteiger partial charge in [0.15, 0.2) is 0 Å². The van der Waals surface area contributed by atoms with E-state index in [9.17, 15) is 9.50 Å². The van der Waals surface area contributed by atoms with Gasteiger partial charge in [-0.25, -0.2) is 4.39 Å². The van der Waals surface area contributed by atoms with Crippen molar-refractivity contribution < 1.29 is 9.50 Å². The van der Waals surface area contributed by atoms with Crippen LogP contribution in [-0.4, -0.2) is 35.7 Å². The summed E-state index contributed by atoms with van der Waals surface area (Å²) in [5.74, 6) is 6.32. The lowest BCUT2D eigenvalue weighted by molar-refractivity contribution is 0.123. The van der Waals surface area contributed by atoms with Crippen molar-refractivity contribution in [3.05, 3.63) is 35.1 Å². The average molecular weight is 288 g/mol. The average Bonchev–Trinajstić information content (AvgIpc) is 3.01. The molecule has 0 bridgehead atoms. The van der Waals surface area contributed by atoms with Crippen LogP contribution in [0.1, 0.15) is 24.0 Å². The van der Waals surface area contributed by atoms with E-state index in [2.05, 4.69) is 16.7 Å². The monoisotopic (exact) mass is 288 g/mol. The SMILES string of the molecule is NCC#Cc1ccc(CN2CC3CCC(O)C3C2)c(F)c1. The Morgan fingerprint density at radius 1 is 1.33 bits per heavy atom. The Kier molecular flexibility index (Phi) is 4.25. The molecule has 2 aliphatic rings. The Morgan fingerprint density at radius 2 is 2.19 bits per heavy atom. The zero-order valence-electron chi connectivity index (χ0n) is 12.1. The minimum atomic E-state index is -0.212. The zero-order chi connectivity index (χ0) is 14.8. The number of nitrogens with zero attached hydrogens (tertiary/aromatic N) is 1. The van der Waals surface area contributed by atoms with Crippen LogP contribution in [-0.2, 0) is 6.54 Å². The normalized spacial score (nSPS) is 28.2. The first-order valence-electron chi connectivity index (χ1n) is 7.55. The Labute approximate surface area is 124 Å². The molecule has 3 nitrogen and oxygen atoms in total. The predicted octanol–water partition coefficient (Wildman–Crippen LogP) is 1.34. The fraction of sp³-hybridized carbons (Fsp3) is 0.529. The molecule has 3 unspecified atom stereocenters. The van der Waals surface area contributed by atoms with Gasteiger partial charge in [-0.1, -0.05) is 17.9 Å². The highest BCUT2D eigenvalue weighted by Crippen LogP contribution is 2.38. The first-order valence-corrected chi connectivity index (χ1v) is 7.55. The first-order chi connectivity index (χ1) is 10.2. The van der Waals surface area contributed by atoms with Crippen LogP contribution in [0.3, 0.4) is 0 Å². The van der Waals surface area contributed by atoms with Gasteiger partial charge in [-0.15, -0.1) is 0 Å². The first kappa shape index (κ1) is 14.5. The smallest absolute Gasteiger partial charge is 0.128 e. The molecule has 0 amide bonds. The molecule has 0 spiro atoms. The third kappa shape index (κ3) is 3.11. The van der Waals surface area contributed by atoms with Gasteiger partial charge >= 0.3 is 0 Å². The number of hydrogen-bond donors (Lipinski definition) is 2. The third-order valence-corrected chi connectivity index (χ3v) is 4.68. The van der Waals surface area contributed by atoms with E-state index in [1.807, 2.05) is 6.07 Å². The van der Waals surface area contributed by atoms with Crippen molar-refractivity contribution in [1.29, 1.82) is 0 Å². The predicted molar refractivity (Wildman–Crippen MR) is 79.8 cm³/mol. The van der Waals surface area contributed by atoms with Crippen molar-refractivity contribution in [2.24, 2.45) is 17.6 Å². The maximum Gasteiger partial charge on any atom is 0.128 e. The molecule has 1 heterocycles. The van der Waals surface area contributed by atoms with Crippen LogP contribution in [0, 0.1) is 29.5 Å². The minimum absolute atomic E-state index is 0.168. The summed E-state index contributed by atoms with van der Waals surface area (Å²) in [6.07, 6.45) is 1.85. The van der Waals surface area contributed by atoms with E-state index in [1.54, 1.807) is 6.07 Å². The number of halogens is 1. The number of fused-ring (bicyclic) bond motifs is 1. The van der Waals surface area contributed by atoms with E-state index in [-0.39, 0.29) is 18.5 Å².